The maximum atomic E-state index is 13.0. The quantitative estimate of drug-likeness (QED) is 0.685. The third-order valence-corrected chi connectivity index (χ3v) is 4.50. The van der Waals surface area contributed by atoms with Crippen molar-refractivity contribution in [1.29, 1.82) is 0 Å². The Labute approximate surface area is 114 Å². The van der Waals surface area contributed by atoms with Crippen LogP contribution in [0.3, 0.4) is 0 Å². The van der Waals surface area contributed by atoms with Crippen LogP contribution < -0.4 is 5.73 Å². The van der Waals surface area contributed by atoms with Gasteiger partial charge in [-0.25, -0.2) is 12.8 Å². The molecule has 0 radical (unpaired) electrons. The van der Waals surface area contributed by atoms with Gasteiger partial charge in [-0.05, 0) is 32.0 Å². The minimum absolute atomic E-state index is 0.291. The minimum Gasteiger partial charge on any atom is -0.396 e. The SMILES string of the molecule is CC(C)N(CC(F)(F)F)S(=O)(=O)c1ccc(F)c(N)c1. The number of halogens is 4. The number of hydrogen-bond acceptors (Lipinski definition) is 3. The van der Waals surface area contributed by atoms with Crippen LogP contribution in [0.2, 0.25) is 0 Å². The summed E-state index contributed by atoms with van der Waals surface area (Å²) in [5.41, 5.74) is 4.80. The molecule has 0 heterocycles. The second kappa shape index (κ2) is 5.57. The average molecular weight is 314 g/mol. The van der Waals surface area contributed by atoms with Gasteiger partial charge in [0.15, 0.2) is 0 Å². The average Bonchev–Trinajstić information content (AvgIpc) is 2.28. The second-order valence-electron chi connectivity index (χ2n) is 4.44. The van der Waals surface area contributed by atoms with Crippen molar-refractivity contribution < 1.29 is 26.0 Å². The number of benzene rings is 1. The van der Waals surface area contributed by atoms with Gasteiger partial charge in [0.1, 0.15) is 12.4 Å². The summed E-state index contributed by atoms with van der Waals surface area (Å²) in [6.07, 6.45) is -4.68. The van der Waals surface area contributed by atoms with Crippen LogP contribution in [0.5, 0.6) is 0 Å². The third-order valence-electron chi connectivity index (χ3n) is 2.49. The Kier molecular flexibility index (Phi) is 4.65. The molecule has 20 heavy (non-hydrogen) atoms. The molecule has 1 rings (SSSR count). The highest BCUT2D eigenvalue weighted by Gasteiger charge is 2.38. The van der Waals surface area contributed by atoms with Crippen molar-refractivity contribution >= 4 is 15.7 Å². The van der Waals surface area contributed by atoms with Crippen molar-refractivity contribution in [2.45, 2.75) is 31.0 Å². The first-order chi connectivity index (χ1) is 8.95. The molecule has 9 heteroatoms. The summed E-state index contributed by atoms with van der Waals surface area (Å²) in [6.45, 7) is 1.01. The summed E-state index contributed by atoms with van der Waals surface area (Å²) in [5, 5.41) is 0. The van der Waals surface area contributed by atoms with Crippen LogP contribution in [0.1, 0.15) is 13.8 Å². The van der Waals surface area contributed by atoms with Gasteiger partial charge in [-0.15, -0.1) is 0 Å². The number of nitrogens with zero attached hydrogens (tertiary/aromatic N) is 1. The summed E-state index contributed by atoms with van der Waals surface area (Å²) in [4.78, 5) is -0.477. The van der Waals surface area contributed by atoms with E-state index < -0.39 is 45.2 Å². The number of alkyl halides is 3. The summed E-state index contributed by atoms with van der Waals surface area (Å²) >= 11 is 0. The summed E-state index contributed by atoms with van der Waals surface area (Å²) < 4.78 is 75.0. The van der Waals surface area contributed by atoms with E-state index in [1.165, 1.54) is 13.8 Å². The van der Waals surface area contributed by atoms with Gasteiger partial charge in [0, 0.05) is 6.04 Å². The fraction of sp³-hybridized carbons (Fsp3) is 0.455. The van der Waals surface area contributed by atoms with Crippen LogP contribution in [0.15, 0.2) is 23.1 Å². The van der Waals surface area contributed by atoms with Crippen molar-refractivity contribution in [3.63, 3.8) is 0 Å². The Balaban J connectivity index is 3.26. The van der Waals surface area contributed by atoms with Gasteiger partial charge < -0.3 is 5.73 Å². The van der Waals surface area contributed by atoms with Crippen LogP contribution in [0.25, 0.3) is 0 Å². The standard InChI is InChI=1S/C11H14F4N2O2S/c1-7(2)17(6-11(13,14)15)20(18,19)8-3-4-9(12)10(16)5-8/h3-5,7H,6,16H2,1-2H3. The molecule has 0 bridgehead atoms. The van der Waals surface area contributed by atoms with Crippen molar-refractivity contribution in [1.82, 2.24) is 4.31 Å². The van der Waals surface area contributed by atoms with Crippen molar-refractivity contribution in [2.75, 3.05) is 12.3 Å². The molecule has 0 saturated carbocycles. The molecular weight excluding hydrogens is 300 g/mol. The first-order valence-corrected chi connectivity index (χ1v) is 7.03. The number of hydrogen-bond donors (Lipinski definition) is 1. The first-order valence-electron chi connectivity index (χ1n) is 5.59. The fourth-order valence-corrected chi connectivity index (χ4v) is 3.20. The maximum Gasteiger partial charge on any atom is 0.402 e. The lowest BCUT2D eigenvalue weighted by molar-refractivity contribution is -0.138. The Bertz CT molecular complexity index is 585. The van der Waals surface area contributed by atoms with Crippen LogP contribution in [0, 0.1) is 5.82 Å². The van der Waals surface area contributed by atoms with Crippen molar-refractivity contribution in [3.8, 4) is 0 Å². The molecule has 2 N–H and O–H groups in total. The molecule has 0 unspecified atom stereocenters. The van der Waals surface area contributed by atoms with E-state index in [1.807, 2.05) is 0 Å². The number of sulfonamides is 1. The molecule has 1 aromatic carbocycles. The predicted octanol–water partition coefficient (Wildman–Crippen LogP) is 2.37. The van der Waals surface area contributed by atoms with Gasteiger partial charge >= 0.3 is 6.18 Å². The van der Waals surface area contributed by atoms with E-state index in [4.69, 9.17) is 5.73 Å². The molecule has 0 aliphatic heterocycles. The van der Waals surface area contributed by atoms with Crippen molar-refractivity contribution in [2.24, 2.45) is 0 Å². The van der Waals surface area contributed by atoms with E-state index in [9.17, 15) is 26.0 Å². The molecule has 0 fully saturated rings. The monoisotopic (exact) mass is 314 g/mol. The summed E-state index contributed by atoms with van der Waals surface area (Å²) in [6, 6.07) is 1.57. The van der Waals surface area contributed by atoms with E-state index in [1.54, 1.807) is 0 Å². The predicted molar refractivity (Wildman–Crippen MR) is 65.9 cm³/mol. The van der Waals surface area contributed by atoms with E-state index in [2.05, 4.69) is 0 Å². The van der Waals surface area contributed by atoms with Gasteiger partial charge in [0.25, 0.3) is 0 Å². The van der Waals surface area contributed by atoms with Crippen LogP contribution >= 0.6 is 0 Å². The van der Waals surface area contributed by atoms with E-state index in [0.29, 0.717) is 4.31 Å². The van der Waals surface area contributed by atoms with Gasteiger partial charge in [0.05, 0.1) is 10.6 Å². The number of nitrogen functional groups attached to an aromatic ring is 1. The molecule has 0 amide bonds. The van der Waals surface area contributed by atoms with E-state index in [0.717, 1.165) is 18.2 Å². The van der Waals surface area contributed by atoms with Gasteiger partial charge in [-0.3, -0.25) is 0 Å². The molecule has 0 aliphatic carbocycles. The summed E-state index contributed by atoms with van der Waals surface area (Å²) in [7, 11) is -4.41. The Hall–Kier alpha value is -1.35. The lowest BCUT2D eigenvalue weighted by atomic mass is 10.3. The Morgan fingerprint density at radius 2 is 1.85 bits per heavy atom. The topological polar surface area (TPSA) is 63.4 Å². The van der Waals surface area contributed by atoms with E-state index >= 15 is 0 Å². The fourth-order valence-electron chi connectivity index (χ4n) is 1.54. The zero-order chi connectivity index (χ0) is 15.7. The molecule has 0 spiro atoms. The molecular formula is C11H14F4N2O2S. The second-order valence-corrected chi connectivity index (χ2v) is 6.33. The number of anilines is 1. The molecule has 1 aromatic rings. The van der Waals surface area contributed by atoms with Crippen LogP contribution in [-0.2, 0) is 10.0 Å². The summed E-state index contributed by atoms with van der Waals surface area (Å²) in [5.74, 6) is -0.837. The zero-order valence-corrected chi connectivity index (χ0v) is 11.6. The molecule has 0 aromatic heterocycles. The Morgan fingerprint density at radius 1 is 1.30 bits per heavy atom. The minimum atomic E-state index is -4.68. The smallest absolute Gasteiger partial charge is 0.396 e. The number of nitrogens with two attached hydrogens (primary N) is 1. The molecule has 114 valence electrons. The molecule has 0 saturated heterocycles. The highest BCUT2D eigenvalue weighted by Crippen LogP contribution is 2.26. The lowest BCUT2D eigenvalue weighted by Gasteiger charge is -2.26. The largest absolute Gasteiger partial charge is 0.402 e. The number of rotatable bonds is 4. The Morgan fingerprint density at radius 3 is 2.25 bits per heavy atom. The highest BCUT2D eigenvalue weighted by atomic mass is 32.2. The molecule has 4 nitrogen and oxygen atoms in total. The third kappa shape index (κ3) is 3.83. The first kappa shape index (κ1) is 16.7. The van der Waals surface area contributed by atoms with E-state index in [-0.39, 0.29) is 0 Å². The van der Waals surface area contributed by atoms with Gasteiger partial charge in [-0.1, -0.05) is 0 Å². The molecule has 0 aliphatic rings. The highest BCUT2D eigenvalue weighted by molar-refractivity contribution is 7.89. The van der Waals surface area contributed by atoms with Gasteiger partial charge in [-0.2, -0.15) is 17.5 Å². The lowest BCUT2D eigenvalue weighted by Crippen LogP contribution is -2.43. The zero-order valence-electron chi connectivity index (χ0n) is 10.8. The van der Waals surface area contributed by atoms with Crippen LogP contribution in [-0.4, -0.2) is 31.5 Å². The van der Waals surface area contributed by atoms with Crippen molar-refractivity contribution in [3.05, 3.63) is 24.0 Å². The van der Waals surface area contributed by atoms with Crippen LogP contribution in [0.4, 0.5) is 23.2 Å². The normalized spacial score (nSPS) is 13.2. The molecule has 0 atom stereocenters. The van der Waals surface area contributed by atoms with Gasteiger partial charge in [0.2, 0.25) is 10.0 Å². The maximum absolute atomic E-state index is 13.0.